The van der Waals surface area contributed by atoms with Crippen LogP contribution in [0.2, 0.25) is 0 Å². The van der Waals surface area contributed by atoms with Gasteiger partial charge in [0.25, 0.3) is 0 Å². The third kappa shape index (κ3) is 3.14. The van der Waals surface area contributed by atoms with E-state index in [1.54, 1.807) is 0 Å². The van der Waals surface area contributed by atoms with Gasteiger partial charge in [0.1, 0.15) is 5.75 Å². The van der Waals surface area contributed by atoms with E-state index in [1.807, 2.05) is 26.2 Å². The molecule has 0 spiro atoms. The highest BCUT2D eigenvalue weighted by Gasteiger charge is 2.33. The maximum absolute atomic E-state index is 6.00. The van der Waals surface area contributed by atoms with Crippen LogP contribution in [-0.2, 0) is 0 Å². The normalized spacial score (nSPS) is 17.7. The van der Waals surface area contributed by atoms with Crippen LogP contribution in [0, 0.1) is 5.41 Å². The van der Waals surface area contributed by atoms with Crippen LogP contribution >= 0.6 is 12.6 Å². The Labute approximate surface area is 116 Å². The minimum absolute atomic E-state index is 0.303. The molecule has 0 saturated heterocycles. The fourth-order valence-corrected chi connectivity index (χ4v) is 2.97. The lowest BCUT2D eigenvalue weighted by Crippen LogP contribution is -2.27. The highest BCUT2D eigenvalue weighted by atomic mass is 32.1. The lowest BCUT2D eigenvalue weighted by Gasteiger charge is -2.27. The molecular weight excluding hydrogens is 242 g/mol. The van der Waals surface area contributed by atoms with Gasteiger partial charge in [-0.05, 0) is 30.7 Å². The van der Waals surface area contributed by atoms with Gasteiger partial charge in [-0.3, -0.25) is 0 Å². The van der Waals surface area contributed by atoms with Gasteiger partial charge in [0.15, 0.2) is 0 Å². The van der Waals surface area contributed by atoms with E-state index in [0.717, 1.165) is 18.1 Å². The Bertz CT molecular complexity index is 386. The van der Waals surface area contributed by atoms with Gasteiger partial charge in [-0.25, -0.2) is 0 Å². The van der Waals surface area contributed by atoms with Crippen molar-refractivity contribution in [3.05, 3.63) is 24.3 Å². The molecule has 0 heterocycles. The minimum atomic E-state index is 0.303. The standard InChI is InChI=1S/C15H23NOS/c1-16(2)13-6-5-7-14(10-13)17-11-15(12-18)8-3-4-9-15/h5-7,10,18H,3-4,8-9,11-12H2,1-2H3. The first-order valence-corrected chi connectivity index (χ1v) is 7.30. The van der Waals surface area contributed by atoms with Crippen molar-refractivity contribution in [1.82, 2.24) is 0 Å². The Hall–Kier alpha value is -0.830. The summed E-state index contributed by atoms with van der Waals surface area (Å²) < 4.78 is 6.00. The minimum Gasteiger partial charge on any atom is -0.493 e. The summed E-state index contributed by atoms with van der Waals surface area (Å²) >= 11 is 4.51. The lowest BCUT2D eigenvalue weighted by atomic mass is 9.90. The maximum Gasteiger partial charge on any atom is 0.121 e. The molecule has 18 heavy (non-hydrogen) atoms. The van der Waals surface area contributed by atoms with Crippen molar-refractivity contribution in [2.24, 2.45) is 5.41 Å². The third-order valence-corrected chi connectivity index (χ3v) is 4.55. The Kier molecular flexibility index (Phi) is 4.44. The summed E-state index contributed by atoms with van der Waals surface area (Å²) in [6.07, 6.45) is 5.15. The molecule has 0 amide bonds. The Balaban J connectivity index is 1.99. The van der Waals surface area contributed by atoms with E-state index in [0.29, 0.717) is 5.41 Å². The molecule has 0 unspecified atom stereocenters. The summed E-state index contributed by atoms with van der Waals surface area (Å²) in [6.45, 7) is 0.799. The van der Waals surface area contributed by atoms with Gasteiger partial charge in [-0.1, -0.05) is 18.9 Å². The number of thiol groups is 1. The SMILES string of the molecule is CN(C)c1cccc(OCC2(CS)CCCC2)c1. The molecule has 1 aromatic rings. The molecule has 100 valence electrons. The highest BCUT2D eigenvalue weighted by molar-refractivity contribution is 7.80. The first-order valence-electron chi connectivity index (χ1n) is 6.66. The molecule has 0 bridgehead atoms. The Morgan fingerprint density at radius 3 is 2.61 bits per heavy atom. The van der Waals surface area contributed by atoms with Gasteiger partial charge >= 0.3 is 0 Å². The Morgan fingerprint density at radius 1 is 1.28 bits per heavy atom. The topological polar surface area (TPSA) is 12.5 Å². The molecule has 3 heteroatoms. The van der Waals surface area contributed by atoms with E-state index in [4.69, 9.17) is 4.74 Å². The summed E-state index contributed by atoms with van der Waals surface area (Å²) in [5.74, 6) is 1.90. The largest absolute Gasteiger partial charge is 0.493 e. The lowest BCUT2D eigenvalue weighted by molar-refractivity contribution is 0.173. The van der Waals surface area contributed by atoms with Crippen LogP contribution in [0.25, 0.3) is 0 Å². The second-order valence-corrected chi connectivity index (χ2v) is 5.86. The summed E-state index contributed by atoms with van der Waals surface area (Å²) in [7, 11) is 4.09. The summed E-state index contributed by atoms with van der Waals surface area (Å²) in [4.78, 5) is 2.09. The molecule has 0 atom stereocenters. The van der Waals surface area contributed by atoms with Gasteiger partial charge < -0.3 is 9.64 Å². The molecular formula is C15H23NOS. The van der Waals surface area contributed by atoms with E-state index in [9.17, 15) is 0 Å². The van der Waals surface area contributed by atoms with Gasteiger partial charge in [-0.15, -0.1) is 0 Å². The quantitative estimate of drug-likeness (QED) is 0.816. The van der Waals surface area contributed by atoms with Gasteiger partial charge in [0.05, 0.1) is 6.61 Å². The van der Waals surface area contributed by atoms with Crippen molar-refractivity contribution in [2.45, 2.75) is 25.7 Å². The van der Waals surface area contributed by atoms with Gasteiger partial charge in [-0.2, -0.15) is 12.6 Å². The number of anilines is 1. The number of nitrogens with zero attached hydrogens (tertiary/aromatic N) is 1. The third-order valence-electron chi connectivity index (χ3n) is 3.88. The summed E-state index contributed by atoms with van der Waals surface area (Å²) in [6, 6.07) is 8.28. The molecule has 1 saturated carbocycles. The molecule has 2 nitrogen and oxygen atoms in total. The van der Waals surface area contributed by atoms with Crippen molar-refractivity contribution in [1.29, 1.82) is 0 Å². The predicted molar refractivity (Wildman–Crippen MR) is 81.0 cm³/mol. The van der Waals surface area contributed by atoms with E-state index in [2.05, 4.69) is 29.7 Å². The highest BCUT2D eigenvalue weighted by Crippen LogP contribution is 2.39. The zero-order valence-electron chi connectivity index (χ0n) is 11.4. The molecule has 0 aliphatic heterocycles. The van der Waals surface area contributed by atoms with Crippen LogP contribution in [0.4, 0.5) is 5.69 Å². The fraction of sp³-hybridized carbons (Fsp3) is 0.600. The fourth-order valence-electron chi connectivity index (χ4n) is 2.56. The van der Waals surface area contributed by atoms with Crippen LogP contribution < -0.4 is 9.64 Å². The second kappa shape index (κ2) is 5.87. The molecule has 1 aliphatic carbocycles. The summed E-state index contributed by atoms with van der Waals surface area (Å²) in [5, 5.41) is 0. The zero-order chi connectivity index (χ0) is 13.0. The van der Waals surface area contributed by atoms with Gasteiger partial charge in [0, 0.05) is 31.3 Å². The van der Waals surface area contributed by atoms with Crippen molar-refractivity contribution < 1.29 is 4.74 Å². The van der Waals surface area contributed by atoms with Crippen LogP contribution in [0.1, 0.15) is 25.7 Å². The Morgan fingerprint density at radius 2 is 2.00 bits per heavy atom. The second-order valence-electron chi connectivity index (χ2n) is 5.55. The van der Waals surface area contributed by atoms with Crippen molar-refractivity contribution in [3.63, 3.8) is 0 Å². The zero-order valence-corrected chi connectivity index (χ0v) is 12.2. The average Bonchev–Trinajstić information content (AvgIpc) is 2.86. The molecule has 1 fully saturated rings. The van der Waals surface area contributed by atoms with Crippen LogP contribution in [0.15, 0.2) is 24.3 Å². The van der Waals surface area contributed by atoms with E-state index in [-0.39, 0.29) is 0 Å². The maximum atomic E-state index is 6.00. The van der Waals surface area contributed by atoms with Crippen LogP contribution in [0.3, 0.4) is 0 Å². The first-order chi connectivity index (χ1) is 8.65. The van der Waals surface area contributed by atoms with E-state index < -0.39 is 0 Å². The monoisotopic (exact) mass is 265 g/mol. The van der Waals surface area contributed by atoms with Gasteiger partial charge in [0.2, 0.25) is 0 Å². The number of benzene rings is 1. The molecule has 0 radical (unpaired) electrons. The van der Waals surface area contributed by atoms with E-state index in [1.165, 1.54) is 31.4 Å². The van der Waals surface area contributed by atoms with Crippen LogP contribution in [0.5, 0.6) is 5.75 Å². The van der Waals surface area contributed by atoms with Crippen molar-refractivity contribution in [3.8, 4) is 5.75 Å². The average molecular weight is 265 g/mol. The molecule has 1 aliphatic rings. The molecule has 0 N–H and O–H groups in total. The number of ether oxygens (including phenoxy) is 1. The molecule has 1 aromatic carbocycles. The smallest absolute Gasteiger partial charge is 0.121 e. The molecule has 2 rings (SSSR count). The van der Waals surface area contributed by atoms with Crippen LogP contribution in [-0.4, -0.2) is 26.5 Å². The number of hydrogen-bond donors (Lipinski definition) is 1. The van der Waals surface area contributed by atoms with Crippen molar-refractivity contribution in [2.75, 3.05) is 31.4 Å². The summed E-state index contributed by atoms with van der Waals surface area (Å²) in [5.41, 5.74) is 1.48. The van der Waals surface area contributed by atoms with Crippen molar-refractivity contribution >= 4 is 18.3 Å². The first kappa shape index (κ1) is 13.6. The molecule has 0 aromatic heterocycles. The number of rotatable bonds is 5. The predicted octanol–water partition coefficient (Wildman–Crippen LogP) is 3.62. The van der Waals surface area contributed by atoms with E-state index >= 15 is 0 Å². The number of hydrogen-bond acceptors (Lipinski definition) is 3.